The van der Waals surface area contributed by atoms with E-state index in [9.17, 15) is 4.79 Å². The molecule has 18 heavy (non-hydrogen) atoms. The Morgan fingerprint density at radius 2 is 2.00 bits per heavy atom. The van der Waals surface area contributed by atoms with Gasteiger partial charge >= 0.3 is 0 Å². The molecule has 1 amide bonds. The standard InChI is InChI=1S/C14H27N3O/c1-14(2)10-17(8-6-12(14)15)13(18)11-5-4-7-16(3)9-11/h11-12H,4-10,15H2,1-3H3. The highest BCUT2D eigenvalue weighted by atomic mass is 16.2. The number of likely N-dealkylation sites (tertiary alicyclic amines) is 2. The van der Waals surface area contributed by atoms with E-state index in [-0.39, 0.29) is 17.4 Å². The van der Waals surface area contributed by atoms with Crippen LogP contribution in [0.1, 0.15) is 33.1 Å². The van der Waals surface area contributed by atoms with Gasteiger partial charge in [-0.15, -0.1) is 0 Å². The minimum Gasteiger partial charge on any atom is -0.342 e. The van der Waals surface area contributed by atoms with Crippen molar-refractivity contribution in [1.82, 2.24) is 9.80 Å². The van der Waals surface area contributed by atoms with Gasteiger partial charge in [-0.05, 0) is 38.3 Å². The molecular formula is C14H27N3O. The zero-order valence-electron chi connectivity index (χ0n) is 12.0. The SMILES string of the molecule is CN1CCCC(C(=O)N2CCC(N)C(C)(C)C2)C1. The highest BCUT2D eigenvalue weighted by molar-refractivity contribution is 5.79. The van der Waals surface area contributed by atoms with Crippen LogP contribution in [0.15, 0.2) is 0 Å². The molecule has 2 aliphatic heterocycles. The summed E-state index contributed by atoms with van der Waals surface area (Å²) < 4.78 is 0. The van der Waals surface area contributed by atoms with Crippen LogP contribution in [0.2, 0.25) is 0 Å². The Hall–Kier alpha value is -0.610. The summed E-state index contributed by atoms with van der Waals surface area (Å²) in [5.74, 6) is 0.551. The molecule has 0 aromatic heterocycles. The lowest BCUT2D eigenvalue weighted by Gasteiger charge is -2.44. The molecule has 0 radical (unpaired) electrons. The summed E-state index contributed by atoms with van der Waals surface area (Å²) >= 11 is 0. The normalized spacial score (nSPS) is 33.4. The molecule has 0 spiro atoms. The van der Waals surface area contributed by atoms with Gasteiger partial charge in [0.2, 0.25) is 5.91 Å². The van der Waals surface area contributed by atoms with Gasteiger partial charge in [-0.25, -0.2) is 0 Å². The number of hydrogen-bond acceptors (Lipinski definition) is 3. The lowest BCUT2D eigenvalue weighted by Crippen LogP contribution is -2.56. The second-order valence-corrected chi connectivity index (χ2v) is 6.74. The third-order valence-electron chi connectivity index (χ3n) is 4.60. The quantitative estimate of drug-likeness (QED) is 0.756. The van der Waals surface area contributed by atoms with E-state index >= 15 is 0 Å². The fraction of sp³-hybridized carbons (Fsp3) is 0.929. The van der Waals surface area contributed by atoms with Crippen molar-refractivity contribution in [3.8, 4) is 0 Å². The Kier molecular flexibility index (Phi) is 3.97. The van der Waals surface area contributed by atoms with Gasteiger partial charge < -0.3 is 15.5 Å². The van der Waals surface area contributed by atoms with Crippen molar-refractivity contribution in [2.24, 2.45) is 17.1 Å². The smallest absolute Gasteiger partial charge is 0.226 e. The van der Waals surface area contributed by atoms with E-state index in [1.807, 2.05) is 4.90 Å². The predicted octanol–water partition coefficient (Wildman–Crippen LogP) is 0.914. The van der Waals surface area contributed by atoms with Crippen LogP contribution < -0.4 is 5.73 Å². The van der Waals surface area contributed by atoms with E-state index in [4.69, 9.17) is 5.73 Å². The third kappa shape index (κ3) is 2.86. The Morgan fingerprint density at radius 1 is 1.28 bits per heavy atom. The summed E-state index contributed by atoms with van der Waals surface area (Å²) in [6, 6.07) is 0.218. The summed E-state index contributed by atoms with van der Waals surface area (Å²) in [6.07, 6.45) is 3.12. The van der Waals surface area contributed by atoms with Crippen molar-refractivity contribution >= 4 is 5.91 Å². The van der Waals surface area contributed by atoms with Crippen LogP contribution in [-0.2, 0) is 4.79 Å². The van der Waals surface area contributed by atoms with Gasteiger partial charge in [0, 0.05) is 25.7 Å². The van der Waals surface area contributed by atoms with Crippen molar-refractivity contribution in [3.63, 3.8) is 0 Å². The molecule has 4 heteroatoms. The van der Waals surface area contributed by atoms with Gasteiger partial charge in [-0.2, -0.15) is 0 Å². The summed E-state index contributed by atoms with van der Waals surface area (Å²) in [7, 11) is 2.11. The first-order chi connectivity index (χ1) is 8.40. The van der Waals surface area contributed by atoms with Crippen molar-refractivity contribution in [3.05, 3.63) is 0 Å². The van der Waals surface area contributed by atoms with E-state index in [2.05, 4.69) is 25.8 Å². The molecule has 0 bridgehead atoms. The molecule has 0 aromatic carbocycles. The molecule has 2 aliphatic rings. The highest BCUT2D eigenvalue weighted by Crippen LogP contribution is 2.29. The van der Waals surface area contributed by atoms with E-state index in [0.29, 0.717) is 5.91 Å². The molecule has 2 fully saturated rings. The molecule has 2 saturated heterocycles. The van der Waals surface area contributed by atoms with Gasteiger partial charge in [0.25, 0.3) is 0 Å². The van der Waals surface area contributed by atoms with E-state index < -0.39 is 0 Å². The minimum absolute atomic E-state index is 0.0501. The number of nitrogens with two attached hydrogens (primary N) is 1. The summed E-state index contributed by atoms with van der Waals surface area (Å²) in [4.78, 5) is 16.9. The first-order valence-electron chi connectivity index (χ1n) is 7.13. The fourth-order valence-electron chi connectivity index (χ4n) is 3.19. The van der Waals surface area contributed by atoms with Crippen molar-refractivity contribution in [2.75, 3.05) is 33.2 Å². The van der Waals surface area contributed by atoms with Gasteiger partial charge in [-0.1, -0.05) is 13.8 Å². The Balaban J connectivity index is 1.97. The van der Waals surface area contributed by atoms with Gasteiger partial charge in [0.05, 0.1) is 5.92 Å². The molecule has 0 saturated carbocycles. The number of hydrogen-bond donors (Lipinski definition) is 1. The van der Waals surface area contributed by atoms with E-state index in [0.717, 1.165) is 45.4 Å². The van der Waals surface area contributed by atoms with Crippen LogP contribution in [0.25, 0.3) is 0 Å². The third-order valence-corrected chi connectivity index (χ3v) is 4.60. The predicted molar refractivity (Wildman–Crippen MR) is 73.2 cm³/mol. The van der Waals surface area contributed by atoms with Crippen LogP contribution in [0, 0.1) is 11.3 Å². The monoisotopic (exact) mass is 253 g/mol. The molecule has 2 heterocycles. The van der Waals surface area contributed by atoms with Gasteiger partial charge in [0.15, 0.2) is 0 Å². The van der Waals surface area contributed by atoms with Crippen molar-refractivity contribution < 1.29 is 4.79 Å². The molecule has 0 aliphatic carbocycles. The second-order valence-electron chi connectivity index (χ2n) is 6.74. The lowest BCUT2D eigenvalue weighted by atomic mass is 9.79. The first-order valence-corrected chi connectivity index (χ1v) is 7.13. The highest BCUT2D eigenvalue weighted by Gasteiger charge is 2.37. The van der Waals surface area contributed by atoms with Crippen LogP contribution in [0.5, 0.6) is 0 Å². The minimum atomic E-state index is 0.0501. The van der Waals surface area contributed by atoms with Crippen LogP contribution in [-0.4, -0.2) is 55.0 Å². The molecule has 104 valence electrons. The van der Waals surface area contributed by atoms with E-state index in [1.54, 1.807) is 0 Å². The number of carbonyl (C=O) groups excluding carboxylic acids is 1. The Bertz CT molecular complexity index is 316. The maximum Gasteiger partial charge on any atom is 0.226 e. The topological polar surface area (TPSA) is 49.6 Å². The molecule has 2 rings (SSSR count). The maximum absolute atomic E-state index is 12.6. The second kappa shape index (κ2) is 5.17. The summed E-state index contributed by atoms with van der Waals surface area (Å²) in [6.45, 7) is 8.03. The van der Waals surface area contributed by atoms with Gasteiger partial charge in [-0.3, -0.25) is 4.79 Å². The summed E-state index contributed by atoms with van der Waals surface area (Å²) in [5, 5.41) is 0. The largest absolute Gasteiger partial charge is 0.342 e. The lowest BCUT2D eigenvalue weighted by molar-refractivity contribution is -0.140. The van der Waals surface area contributed by atoms with Crippen molar-refractivity contribution in [2.45, 2.75) is 39.2 Å². The molecule has 0 aromatic rings. The number of nitrogens with zero attached hydrogens (tertiary/aromatic N) is 2. The van der Waals surface area contributed by atoms with E-state index in [1.165, 1.54) is 0 Å². The molecule has 2 atom stereocenters. The Labute approximate surface area is 110 Å². The van der Waals surface area contributed by atoms with Crippen LogP contribution in [0.4, 0.5) is 0 Å². The number of piperidine rings is 2. The fourth-order valence-corrected chi connectivity index (χ4v) is 3.19. The average Bonchev–Trinajstić information content (AvgIpc) is 2.31. The van der Waals surface area contributed by atoms with Gasteiger partial charge in [0.1, 0.15) is 0 Å². The van der Waals surface area contributed by atoms with Crippen molar-refractivity contribution in [1.29, 1.82) is 0 Å². The molecular weight excluding hydrogens is 226 g/mol. The average molecular weight is 253 g/mol. The Morgan fingerprint density at radius 3 is 2.61 bits per heavy atom. The number of rotatable bonds is 1. The zero-order chi connectivity index (χ0) is 13.3. The zero-order valence-corrected chi connectivity index (χ0v) is 12.0. The number of amides is 1. The molecule has 4 nitrogen and oxygen atoms in total. The summed E-state index contributed by atoms with van der Waals surface area (Å²) in [5.41, 5.74) is 6.18. The van der Waals surface area contributed by atoms with Crippen LogP contribution >= 0.6 is 0 Å². The number of carbonyl (C=O) groups is 1. The maximum atomic E-state index is 12.6. The molecule has 2 unspecified atom stereocenters. The van der Waals surface area contributed by atoms with Crippen LogP contribution in [0.3, 0.4) is 0 Å². The molecule has 2 N–H and O–H groups in total. The first kappa shape index (κ1) is 13.8.